The summed E-state index contributed by atoms with van der Waals surface area (Å²) in [5.41, 5.74) is 0. The van der Waals surface area contributed by atoms with E-state index in [-0.39, 0.29) is 5.75 Å². The van der Waals surface area contributed by atoms with Gasteiger partial charge in [-0.15, -0.1) is 11.8 Å². The maximum Gasteiger partial charge on any atom is 0.229 e. The minimum atomic E-state index is 0.279. The van der Waals surface area contributed by atoms with Gasteiger partial charge in [0.05, 0.1) is 5.75 Å². The van der Waals surface area contributed by atoms with Crippen LogP contribution in [0.15, 0.2) is 33.7 Å². The maximum absolute atomic E-state index is 9.33. The predicted octanol–water partition coefficient (Wildman–Crippen LogP) is 2.94. The fourth-order valence-corrected chi connectivity index (χ4v) is 2.34. The van der Waals surface area contributed by atoms with Crippen LogP contribution in [0, 0.1) is 0 Å². The van der Waals surface area contributed by atoms with E-state index in [0.29, 0.717) is 11.7 Å². The summed E-state index contributed by atoms with van der Waals surface area (Å²) in [5, 5.41) is 13.3. The van der Waals surface area contributed by atoms with Gasteiger partial charge in [0.2, 0.25) is 5.89 Å². The zero-order valence-corrected chi connectivity index (χ0v) is 9.98. The number of rotatable bonds is 4. The molecule has 1 fully saturated rings. The standard InChI is InChI=1S/C12H12N2O2S/c15-9-2-1-3-10(6-9)17-7-11-13-12(16-14-11)8-4-5-8/h1-3,6,8,15H,4-5,7H2. The quantitative estimate of drug-likeness (QED) is 0.843. The molecule has 0 unspecified atom stereocenters. The highest BCUT2D eigenvalue weighted by atomic mass is 32.2. The molecule has 0 radical (unpaired) electrons. The lowest BCUT2D eigenvalue weighted by molar-refractivity contribution is 0.375. The van der Waals surface area contributed by atoms with Gasteiger partial charge in [-0.05, 0) is 31.0 Å². The van der Waals surface area contributed by atoms with Crippen LogP contribution < -0.4 is 0 Å². The van der Waals surface area contributed by atoms with Crippen molar-refractivity contribution in [2.75, 3.05) is 0 Å². The molecule has 0 atom stereocenters. The average Bonchev–Trinajstić information content (AvgIpc) is 3.07. The molecule has 0 bridgehead atoms. The predicted molar refractivity (Wildman–Crippen MR) is 63.9 cm³/mol. The molecule has 1 aromatic heterocycles. The summed E-state index contributed by atoms with van der Waals surface area (Å²) in [6, 6.07) is 7.16. The van der Waals surface area contributed by atoms with Crippen LogP contribution in [0.4, 0.5) is 0 Å². The lowest BCUT2D eigenvalue weighted by Crippen LogP contribution is -1.84. The van der Waals surface area contributed by atoms with Gasteiger partial charge in [-0.1, -0.05) is 11.2 Å². The fraction of sp³-hybridized carbons (Fsp3) is 0.333. The van der Waals surface area contributed by atoms with Gasteiger partial charge in [-0.25, -0.2) is 0 Å². The highest BCUT2D eigenvalue weighted by Crippen LogP contribution is 2.39. The number of nitrogens with zero attached hydrogens (tertiary/aromatic N) is 2. The summed E-state index contributed by atoms with van der Waals surface area (Å²) >= 11 is 1.59. The molecular weight excluding hydrogens is 236 g/mol. The first kappa shape index (κ1) is 10.7. The molecule has 1 aliphatic carbocycles. The number of phenols is 1. The van der Waals surface area contributed by atoms with E-state index in [4.69, 9.17) is 4.52 Å². The van der Waals surface area contributed by atoms with Crippen LogP contribution in [0.2, 0.25) is 0 Å². The Morgan fingerprint density at radius 3 is 3.06 bits per heavy atom. The first-order valence-corrected chi connectivity index (χ1v) is 6.54. The summed E-state index contributed by atoms with van der Waals surface area (Å²) in [6.45, 7) is 0. The summed E-state index contributed by atoms with van der Waals surface area (Å²) in [6.07, 6.45) is 2.34. The third-order valence-corrected chi connectivity index (χ3v) is 3.59. The minimum absolute atomic E-state index is 0.279. The summed E-state index contributed by atoms with van der Waals surface area (Å²) in [4.78, 5) is 5.35. The molecule has 0 aliphatic heterocycles. The molecular formula is C12H12N2O2S. The molecule has 17 heavy (non-hydrogen) atoms. The van der Waals surface area contributed by atoms with Crippen molar-refractivity contribution in [3.8, 4) is 5.75 Å². The molecule has 1 saturated carbocycles. The van der Waals surface area contributed by atoms with Crippen molar-refractivity contribution in [3.63, 3.8) is 0 Å². The molecule has 2 aromatic rings. The van der Waals surface area contributed by atoms with Crippen LogP contribution in [0.25, 0.3) is 0 Å². The number of hydrogen-bond donors (Lipinski definition) is 1. The van der Waals surface area contributed by atoms with Gasteiger partial charge in [0.15, 0.2) is 5.82 Å². The molecule has 3 rings (SSSR count). The molecule has 5 heteroatoms. The van der Waals surface area contributed by atoms with Gasteiger partial charge < -0.3 is 9.63 Å². The van der Waals surface area contributed by atoms with Crippen molar-refractivity contribution < 1.29 is 9.63 Å². The van der Waals surface area contributed by atoms with Crippen molar-refractivity contribution in [2.24, 2.45) is 0 Å². The van der Waals surface area contributed by atoms with E-state index in [9.17, 15) is 5.11 Å². The Hall–Kier alpha value is -1.49. The summed E-state index contributed by atoms with van der Waals surface area (Å²) in [7, 11) is 0. The van der Waals surface area contributed by atoms with Crippen molar-refractivity contribution in [2.45, 2.75) is 29.4 Å². The number of aromatic nitrogens is 2. The van der Waals surface area contributed by atoms with Crippen LogP contribution in [0.3, 0.4) is 0 Å². The Balaban J connectivity index is 1.62. The highest BCUT2D eigenvalue weighted by molar-refractivity contribution is 7.98. The zero-order chi connectivity index (χ0) is 11.7. The zero-order valence-electron chi connectivity index (χ0n) is 9.17. The van der Waals surface area contributed by atoms with E-state index < -0.39 is 0 Å². The number of aromatic hydroxyl groups is 1. The second-order valence-electron chi connectivity index (χ2n) is 4.11. The average molecular weight is 248 g/mol. The van der Waals surface area contributed by atoms with Crippen molar-refractivity contribution in [1.82, 2.24) is 10.1 Å². The van der Waals surface area contributed by atoms with E-state index in [2.05, 4.69) is 10.1 Å². The number of hydrogen-bond acceptors (Lipinski definition) is 5. The molecule has 88 valence electrons. The van der Waals surface area contributed by atoms with Crippen LogP contribution in [0.1, 0.15) is 30.5 Å². The topological polar surface area (TPSA) is 59.2 Å². The lowest BCUT2D eigenvalue weighted by Gasteiger charge is -1.98. The summed E-state index contributed by atoms with van der Waals surface area (Å²) < 4.78 is 5.18. The maximum atomic E-state index is 9.33. The van der Waals surface area contributed by atoms with E-state index in [1.807, 2.05) is 12.1 Å². The van der Waals surface area contributed by atoms with Crippen LogP contribution in [0.5, 0.6) is 5.75 Å². The van der Waals surface area contributed by atoms with Gasteiger partial charge >= 0.3 is 0 Å². The van der Waals surface area contributed by atoms with E-state index >= 15 is 0 Å². The molecule has 1 heterocycles. The number of phenolic OH excluding ortho intramolecular Hbond substituents is 1. The first-order chi connectivity index (χ1) is 8.31. The van der Waals surface area contributed by atoms with E-state index in [0.717, 1.165) is 16.6 Å². The Labute approximate surface area is 103 Å². The Morgan fingerprint density at radius 2 is 2.29 bits per heavy atom. The number of thioether (sulfide) groups is 1. The molecule has 0 amide bonds. The monoisotopic (exact) mass is 248 g/mol. The Kier molecular flexibility index (Phi) is 2.76. The Bertz CT molecular complexity index is 523. The normalized spacial score (nSPS) is 15.1. The fourth-order valence-electron chi connectivity index (χ4n) is 1.54. The second-order valence-corrected chi connectivity index (χ2v) is 5.16. The molecule has 1 aliphatic rings. The third kappa shape index (κ3) is 2.61. The lowest BCUT2D eigenvalue weighted by atomic mass is 10.3. The SMILES string of the molecule is Oc1cccc(SCc2noc(C3CC3)n2)c1. The third-order valence-electron chi connectivity index (χ3n) is 2.60. The van der Waals surface area contributed by atoms with Crippen molar-refractivity contribution >= 4 is 11.8 Å². The van der Waals surface area contributed by atoms with Crippen molar-refractivity contribution in [3.05, 3.63) is 36.0 Å². The molecule has 4 nitrogen and oxygen atoms in total. The minimum Gasteiger partial charge on any atom is -0.508 e. The van der Waals surface area contributed by atoms with Gasteiger partial charge in [-0.3, -0.25) is 0 Å². The molecule has 1 N–H and O–H groups in total. The van der Waals surface area contributed by atoms with Crippen molar-refractivity contribution in [1.29, 1.82) is 0 Å². The van der Waals surface area contributed by atoms with Gasteiger partial charge in [0.25, 0.3) is 0 Å². The highest BCUT2D eigenvalue weighted by Gasteiger charge is 2.29. The second kappa shape index (κ2) is 4.41. The number of benzene rings is 1. The van der Waals surface area contributed by atoms with E-state index in [1.165, 1.54) is 12.8 Å². The van der Waals surface area contributed by atoms with Crippen LogP contribution >= 0.6 is 11.8 Å². The van der Waals surface area contributed by atoms with Gasteiger partial charge in [-0.2, -0.15) is 4.98 Å². The summed E-state index contributed by atoms with van der Waals surface area (Å²) in [5.74, 6) is 2.94. The van der Waals surface area contributed by atoms with Crippen LogP contribution in [-0.2, 0) is 5.75 Å². The smallest absolute Gasteiger partial charge is 0.229 e. The van der Waals surface area contributed by atoms with Gasteiger partial charge in [0.1, 0.15) is 5.75 Å². The van der Waals surface area contributed by atoms with Crippen LogP contribution in [-0.4, -0.2) is 15.2 Å². The molecule has 0 saturated heterocycles. The first-order valence-electron chi connectivity index (χ1n) is 5.55. The molecule has 1 aromatic carbocycles. The largest absolute Gasteiger partial charge is 0.508 e. The van der Waals surface area contributed by atoms with Gasteiger partial charge in [0, 0.05) is 10.8 Å². The van der Waals surface area contributed by atoms with E-state index in [1.54, 1.807) is 23.9 Å². The Morgan fingerprint density at radius 1 is 1.41 bits per heavy atom. The molecule has 0 spiro atoms.